The summed E-state index contributed by atoms with van der Waals surface area (Å²) in [5.74, 6) is -0.637. The molecule has 7 heteroatoms. The normalized spacial score (nSPS) is 17.0. The number of nitrogens with two attached hydrogens (primary N) is 1. The molecule has 0 radical (unpaired) electrons. The molecule has 84 valence electrons. The Morgan fingerprint density at radius 1 is 1.80 bits per heavy atom. The molecule has 0 bridgehead atoms. The summed E-state index contributed by atoms with van der Waals surface area (Å²) >= 11 is 1.47. The number of carboxylic acids is 1. The van der Waals surface area contributed by atoms with Gasteiger partial charge in [-0.1, -0.05) is 0 Å². The fraction of sp³-hybridized carbons (Fsp3) is 0.750. The molecule has 5 nitrogen and oxygen atoms in total. The van der Waals surface area contributed by atoms with Crippen LogP contribution >= 0.6 is 11.8 Å². The van der Waals surface area contributed by atoms with E-state index in [9.17, 15) is 4.79 Å². The van der Waals surface area contributed by atoms with Crippen molar-refractivity contribution >= 4 is 31.3 Å². The third-order valence-electron chi connectivity index (χ3n) is 1.66. The fourth-order valence-electron chi connectivity index (χ4n) is 0.650. The molecular formula is C8H16BN3O2S. The Hall–Kier alpha value is -0.685. The van der Waals surface area contributed by atoms with Crippen LogP contribution in [0.2, 0.25) is 0 Å². The van der Waals surface area contributed by atoms with Crippen LogP contribution in [-0.2, 0) is 4.79 Å². The van der Waals surface area contributed by atoms with Crippen molar-refractivity contribution in [3.63, 3.8) is 0 Å². The van der Waals surface area contributed by atoms with Gasteiger partial charge in [-0.2, -0.15) is 0 Å². The van der Waals surface area contributed by atoms with E-state index < -0.39 is 11.5 Å². The van der Waals surface area contributed by atoms with Crippen molar-refractivity contribution in [2.24, 2.45) is 15.9 Å². The minimum absolute atomic E-state index is 0.191. The van der Waals surface area contributed by atoms with Gasteiger partial charge in [0.25, 0.3) is 0 Å². The Morgan fingerprint density at radius 2 is 2.40 bits per heavy atom. The molecule has 0 saturated heterocycles. The van der Waals surface area contributed by atoms with Crippen molar-refractivity contribution < 1.29 is 9.90 Å². The Bertz CT molecular complexity index is 258. The van der Waals surface area contributed by atoms with E-state index in [4.69, 9.17) is 10.8 Å². The van der Waals surface area contributed by atoms with Crippen molar-refractivity contribution in [3.05, 3.63) is 0 Å². The first-order valence-electron chi connectivity index (χ1n) is 4.51. The van der Waals surface area contributed by atoms with Gasteiger partial charge in [0, 0.05) is 0 Å². The molecular weight excluding hydrogens is 213 g/mol. The molecule has 0 aliphatic carbocycles. The first-order valence-corrected chi connectivity index (χ1v) is 5.56. The Balaban J connectivity index is 3.89. The summed E-state index contributed by atoms with van der Waals surface area (Å²) in [7, 11) is 1.36. The molecule has 0 aromatic rings. The molecule has 3 N–H and O–H groups in total. The first-order chi connectivity index (χ1) is 6.90. The van der Waals surface area contributed by atoms with Crippen LogP contribution in [-0.4, -0.2) is 47.7 Å². The second-order valence-electron chi connectivity index (χ2n) is 3.47. The van der Waals surface area contributed by atoms with Crippen LogP contribution in [0.15, 0.2) is 10.1 Å². The average Bonchev–Trinajstić information content (AvgIpc) is 2.15. The fourth-order valence-corrected chi connectivity index (χ4v) is 1.58. The van der Waals surface area contributed by atoms with Crippen molar-refractivity contribution in [3.8, 4) is 0 Å². The van der Waals surface area contributed by atoms with Gasteiger partial charge in [-0.25, -0.2) is 0 Å². The summed E-state index contributed by atoms with van der Waals surface area (Å²) in [5.41, 5.74) is 4.39. The zero-order valence-corrected chi connectivity index (χ0v) is 9.83. The number of hydrogen-bond acceptors (Lipinski definition) is 5. The van der Waals surface area contributed by atoms with Crippen molar-refractivity contribution in [2.45, 2.75) is 24.6 Å². The molecule has 0 heterocycles. The topological polar surface area (TPSA) is 88.0 Å². The zero-order valence-electron chi connectivity index (χ0n) is 9.01. The molecule has 0 spiro atoms. The first kappa shape index (κ1) is 14.3. The average molecular weight is 229 g/mol. The molecule has 2 atom stereocenters. The van der Waals surface area contributed by atoms with Crippen molar-refractivity contribution in [2.75, 3.05) is 12.3 Å². The van der Waals surface area contributed by atoms with Crippen molar-refractivity contribution in [1.29, 1.82) is 0 Å². The predicted molar refractivity (Wildman–Crippen MR) is 64.7 cm³/mol. The van der Waals surface area contributed by atoms with E-state index in [0.29, 0.717) is 12.3 Å². The number of nitrogens with zero attached hydrogens (tertiary/aromatic N) is 2. The molecule has 15 heavy (non-hydrogen) atoms. The third-order valence-corrected chi connectivity index (χ3v) is 3.14. The zero-order chi connectivity index (χ0) is 11.9. The van der Waals surface area contributed by atoms with Gasteiger partial charge in [-0.05, 0) is 0 Å². The van der Waals surface area contributed by atoms with Crippen LogP contribution in [0.5, 0.6) is 0 Å². The second kappa shape index (κ2) is 6.74. The molecule has 0 aliphatic rings. The molecule has 0 aromatic heterocycles. The van der Waals surface area contributed by atoms with Crippen LogP contribution < -0.4 is 5.73 Å². The van der Waals surface area contributed by atoms with Crippen LogP contribution in [0, 0.1) is 0 Å². The van der Waals surface area contributed by atoms with Gasteiger partial charge >= 0.3 is 94.0 Å². The number of aliphatic carboxylic acids is 1. The Labute approximate surface area is 94.5 Å². The number of thioether (sulfide) groups is 1. The van der Waals surface area contributed by atoms with Crippen molar-refractivity contribution in [1.82, 2.24) is 0 Å². The van der Waals surface area contributed by atoms with Gasteiger partial charge in [0.05, 0.1) is 0 Å². The van der Waals surface area contributed by atoms with E-state index in [0.717, 1.165) is 0 Å². The summed E-state index contributed by atoms with van der Waals surface area (Å²) in [6.45, 7) is 7.38. The van der Waals surface area contributed by atoms with Crippen LogP contribution in [0.25, 0.3) is 0 Å². The maximum absolute atomic E-state index is 10.7. The van der Waals surface area contributed by atoms with Gasteiger partial charge in [0.1, 0.15) is 0 Å². The summed E-state index contributed by atoms with van der Waals surface area (Å²) < 4.78 is 0. The minimum atomic E-state index is -1.19. The summed E-state index contributed by atoms with van der Waals surface area (Å²) in [6, 6.07) is 0. The van der Waals surface area contributed by atoms with E-state index in [-0.39, 0.29) is 5.25 Å². The van der Waals surface area contributed by atoms with Crippen LogP contribution in [0.3, 0.4) is 0 Å². The number of carboxylic acid groups (broad SMARTS) is 1. The third kappa shape index (κ3) is 6.40. The summed E-state index contributed by atoms with van der Waals surface area (Å²) in [6.07, 6.45) is 0. The van der Waals surface area contributed by atoms with Gasteiger partial charge in [0.15, 0.2) is 0 Å². The van der Waals surface area contributed by atoms with E-state index in [1.165, 1.54) is 25.7 Å². The van der Waals surface area contributed by atoms with Gasteiger partial charge in [-0.3, -0.25) is 0 Å². The predicted octanol–water partition coefficient (Wildman–Crippen LogP) is 0.413. The van der Waals surface area contributed by atoms with E-state index in [1.807, 2.05) is 6.92 Å². The number of rotatable bonds is 7. The summed E-state index contributed by atoms with van der Waals surface area (Å²) in [4.78, 5) is 10.7. The number of carbonyl (C=O) groups is 1. The monoisotopic (exact) mass is 229 g/mol. The number of hydrogen-bond donors (Lipinski definition) is 2. The van der Waals surface area contributed by atoms with Crippen LogP contribution in [0.1, 0.15) is 13.8 Å². The molecule has 0 rings (SSSR count). The van der Waals surface area contributed by atoms with Gasteiger partial charge < -0.3 is 0 Å². The van der Waals surface area contributed by atoms with Gasteiger partial charge in [0.2, 0.25) is 0 Å². The Morgan fingerprint density at radius 3 is 2.87 bits per heavy atom. The van der Waals surface area contributed by atoms with E-state index >= 15 is 0 Å². The molecule has 0 saturated carbocycles. The molecule has 0 aromatic carbocycles. The van der Waals surface area contributed by atoms with E-state index in [2.05, 4.69) is 16.6 Å². The van der Waals surface area contributed by atoms with Crippen LogP contribution in [0.4, 0.5) is 0 Å². The Kier molecular flexibility index (Phi) is 6.43. The second-order valence-corrected chi connectivity index (χ2v) is 4.89. The van der Waals surface area contributed by atoms with Gasteiger partial charge in [-0.15, -0.1) is 0 Å². The maximum atomic E-state index is 10.7. The summed E-state index contributed by atoms with van der Waals surface area (Å²) in [5, 5.41) is 16.4. The standard InChI is InChI=1S/C8H16BN3O2S/c1-6(4-11-12-9-3)15-5-8(2,10)7(13)14/h6H,3-5,10H2,1-2H3,(H,13,14)/t6-,8+/m1/s1. The van der Waals surface area contributed by atoms with E-state index in [1.54, 1.807) is 0 Å². The quantitative estimate of drug-likeness (QED) is 0.489. The molecule has 0 amide bonds. The molecule has 0 fully saturated rings. The molecule has 0 aliphatic heterocycles. The molecule has 0 unspecified atom stereocenters. The SMILES string of the molecule is C=BN=NC[C@@H](C)SC[C@](C)(N)C(=O)O.